The molecule has 0 aliphatic heterocycles. The Balaban J connectivity index is 2.39. The highest BCUT2D eigenvalue weighted by Gasteiger charge is 2.19. The topological polar surface area (TPSA) is 0 Å². The zero-order valence-electron chi connectivity index (χ0n) is 9.51. The van der Waals surface area contributed by atoms with E-state index in [0.717, 1.165) is 28.3 Å². The molecule has 96 valence electrons. The maximum Gasteiger partial charge on any atom is 0.142 e. The Hall–Kier alpha value is -0.640. The Morgan fingerprint density at radius 1 is 1.22 bits per heavy atom. The fraction of sp³-hybridized carbons (Fsp3) is 0.231. The number of hydrogen-bond donors (Lipinski definition) is 0. The molecule has 0 aliphatic carbocycles. The summed E-state index contributed by atoms with van der Waals surface area (Å²) in [6.07, 6.45) is 0.895. The lowest BCUT2D eigenvalue weighted by molar-refractivity contribution is 0.588. The second kappa shape index (κ2) is 5.55. The Morgan fingerprint density at radius 2 is 1.94 bits per heavy atom. The summed E-state index contributed by atoms with van der Waals surface area (Å²) in [4.78, 5) is 1.96. The van der Waals surface area contributed by atoms with E-state index in [-0.39, 0.29) is 10.6 Å². The van der Waals surface area contributed by atoms with E-state index in [2.05, 4.69) is 0 Å². The van der Waals surface area contributed by atoms with Gasteiger partial charge in [-0.2, -0.15) is 0 Å². The largest absolute Gasteiger partial charge is 0.207 e. The summed E-state index contributed by atoms with van der Waals surface area (Å²) in [5.41, 5.74) is 0.114. The fourth-order valence-electron chi connectivity index (χ4n) is 1.61. The van der Waals surface area contributed by atoms with Gasteiger partial charge in [-0.1, -0.05) is 18.5 Å². The molecular formula is C13H10Cl2F2S. The first kappa shape index (κ1) is 13.8. The Morgan fingerprint density at radius 3 is 2.56 bits per heavy atom. The minimum atomic E-state index is -0.693. The highest BCUT2D eigenvalue weighted by molar-refractivity contribution is 7.12. The first-order valence-corrected chi connectivity index (χ1v) is 7.03. The van der Waals surface area contributed by atoms with Gasteiger partial charge in [0.15, 0.2) is 0 Å². The van der Waals surface area contributed by atoms with Gasteiger partial charge in [0.1, 0.15) is 11.6 Å². The van der Waals surface area contributed by atoms with Crippen LogP contribution in [-0.2, 0) is 6.42 Å². The van der Waals surface area contributed by atoms with Crippen molar-refractivity contribution in [1.82, 2.24) is 0 Å². The smallest absolute Gasteiger partial charge is 0.142 e. The molecule has 0 aliphatic rings. The summed E-state index contributed by atoms with van der Waals surface area (Å²) in [5, 5.41) is -0.928. The molecule has 2 aromatic rings. The number of rotatable bonds is 3. The molecule has 0 nitrogen and oxygen atoms in total. The Labute approximate surface area is 118 Å². The molecule has 1 atom stereocenters. The normalized spacial score (nSPS) is 12.7. The molecule has 0 saturated heterocycles. The van der Waals surface area contributed by atoms with E-state index in [9.17, 15) is 8.78 Å². The van der Waals surface area contributed by atoms with Gasteiger partial charge in [0.2, 0.25) is 0 Å². The molecule has 0 bridgehead atoms. The van der Waals surface area contributed by atoms with Crippen molar-refractivity contribution < 1.29 is 8.78 Å². The molecule has 1 aromatic carbocycles. The SMILES string of the molecule is CCc1ccc(C(Cl)c2cc(F)c(Cl)cc2F)s1. The first-order chi connectivity index (χ1) is 8.52. The number of hydrogen-bond acceptors (Lipinski definition) is 1. The van der Waals surface area contributed by atoms with Crippen LogP contribution in [0.2, 0.25) is 5.02 Å². The number of alkyl halides is 1. The van der Waals surface area contributed by atoms with E-state index >= 15 is 0 Å². The summed E-state index contributed by atoms with van der Waals surface area (Å²) in [6, 6.07) is 5.79. The predicted molar refractivity (Wildman–Crippen MR) is 72.8 cm³/mol. The summed E-state index contributed by atoms with van der Waals surface area (Å²) >= 11 is 13.2. The van der Waals surface area contributed by atoms with Gasteiger partial charge >= 0.3 is 0 Å². The molecule has 0 saturated carbocycles. The quantitative estimate of drug-likeness (QED) is 0.513. The average molecular weight is 307 g/mol. The summed E-state index contributed by atoms with van der Waals surface area (Å²) in [7, 11) is 0. The lowest BCUT2D eigenvalue weighted by Crippen LogP contribution is -1.96. The standard InChI is InChI=1S/C13H10Cl2F2S/c1-2-7-3-4-12(18-7)13(15)8-5-11(17)9(14)6-10(8)16/h3-6,13H,2H2,1H3. The molecule has 0 amide bonds. The third-order valence-electron chi connectivity index (χ3n) is 2.59. The minimum absolute atomic E-state index is 0.114. The highest BCUT2D eigenvalue weighted by Crippen LogP contribution is 2.36. The van der Waals surface area contributed by atoms with Crippen LogP contribution in [0.3, 0.4) is 0 Å². The van der Waals surface area contributed by atoms with Crippen molar-refractivity contribution in [1.29, 1.82) is 0 Å². The minimum Gasteiger partial charge on any atom is -0.207 e. The molecule has 1 heterocycles. The van der Waals surface area contributed by atoms with E-state index in [1.807, 2.05) is 19.1 Å². The van der Waals surface area contributed by atoms with Crippen LogP contribution in [0, 0.1) is 11.6 Å². The van der Waals surface area contributed by atoms with E-state index < -0.39 is 17.0 Å². The van der Waals surface area contributed by atoms with Crippen molar-refractivity contribution in [2.75, 3.05) is 0 Å². The number of aryl methyl sites for hydroxylation is 1. The summed E-state index contributed by atoms with van der Waals surface area (Å²) < 4.78 is 27.1. The number of thiophene rings is 1. The van der Waals surface area contributed by atoms with Crippen LogP contribution < -0.4 is 0 Å². The number of benzene rings is 1. The summed E-state index contributed by atoms with van der Waals surface area (Å²) in [6.45, 7) is 2.03. The van der Waals surface area contributed by atoms with Crippen molar-refractivity contribution in [2.24, 2.45) is 0 Å². The molecule has 2 rings (SSSR count). The van der Waals surface area contributed by atoms with Gasteiger partial charge in [-0.25, -0.2) is 8.78 Å². The third-order valence-corrected chi connectivity index (χ3v) is 4.78. The van der Waals surface area contributed by atoms with Gasteiger partial charge in [0.05, 0.1) is 10.4 Å². The van der Waals surface area contributed by atoms with Crippen LogP contribution in [0.4, 0.5) is 8.78 Å². The Kier molecular flexibility index (Phi) is 4.25. The van der Waals surface area contributed by atoms with Crippen molar-refractivity contribution in [2.45, 2.75) is 18.7 Å². The Bertz CT molecular complexity index is 566. The van der Waals surface area contributed by atoms with Gasteiger partial charge < -0.3 is 0 Å². The second-order valence-electron chi connectivity index (χ2n) is 3.81. The molecule has 0 spiro atoms. The van der Waals surface area contributed by atoms with Gasteiger partial charge in [-0.05, 0) is 30.7 Å². The van der Waals surface area contributed by atoms with Gasteiger partial charge in [0.25, 0.3) is 0 Å². The van der Waals surface area contributed by atoms with Crippen LogP contribution in [0.15, 0.2) is 24.3 Å². The second-order valence-corrected chi connectivity index (χ2v) is 5.85. The zero-order valence-corrected chi connectivity index (χ0v) is 11.8. The van der Waals surface area contributed by atoms with Crippen LogP contribution in [0.1, 0.15) is 27.6 Å². The molecule has 1 unspecified atom stereocenters. The predicted octanol–water partition coefficient (Wildman–Crippen LogP) is 5.57. The molecule has 18 heavy (non-hydrogen) atoms. The van der Waals surface area contributed by atoms with E-state index in [1.54, 1.807) is 0 Å². The highest BCUT2D eigenvalue weighted by atomic mass is 35.5. The first-order valence-electron chi connectivity index (χ1n) is 5.40. The van der Waals surface area contributed by atoms with Crippen LogP contribution in [0.5, 0.6) is 0 Å². The summed E-state index contributed by atoms with van der Waals surface area (Å²) in [5.74, 6) is -1.25. The lowest BCUT2D eigenvalue weighted by Gasteiger charge is -2.10. The van der Waals surface area contributed by atoms with E-state index in [4.69, 9.17) is 23.2 Å². The zero-order chi connectivity index (χ0) is 13.3. The van der Waals surface area contributed by atoms with Gasteiger partial charge in [-0.3, -0.25) is 0 Å². The van der Waals surface area contributed by atoms with Crippen LogP contribution in [0.25, 0.3) is 0 Å². The molecular weight excluding hydrogens is 297 g/mol. The lowest BCUT2D eigenvalue weighted by atomic mass is 10.1. The molecule has 5 heteroatoms. The molecule has 0 N–H and O–H groups in total. The average Bonchev–Trinajstić information content (AvgIpc) is 2.81. The van der Waals surface area contributed by atoms with Gasteiger partial charge in [-0.15, -0.1) is 22.9 Å². The van der Waals surface area contributed by atoms with Crippen molar-refractivity contribution >= 4 is 34.5 Å². The monoisotopic (exact) mass is 306 g/mol. The maximum atomic E-state index is 13.7. The molecule has 0 fully saturated rings. The maximum absolute atomic E-state index is 13.7. The number of halogens is 4. The van der Waals surface area contributed by atoms with E-state index in [0.29, 0.717) is 0 Å². The van der Waals surface area contributed by atoms with Crippen LogP contribution in [-0.4, -0.2) is 0 Å². The van der Waals surface area contributed by atoms with Crippen molar-refractivity contribution in [3.8, 4) is 0 Å². The van der Waals surface area contributed by atoms with Crippen molar-refractivity contribution in [3.05, 3.63) is 56.2 Å². The van der Waals surface area contributed by atoms with Crippen LogP contribution >= 0.6 is 34.5 Å². The molecule has 0 radical (unpaired) electrons. The fourth-order valence-corrected chi connectivity index (χ4v) is 3.08. The van der Waals surface area contributed by atoms with Gasteiger partial charge in [0, 0.05) is 15.3 Å². The van der Waals surface area contributed by atoms with E-state index in [1.165, 1.54) is 11.3 Å². The molecule has 1 aromatic heterocycles. The van der Waals surface area contributed by atoms with Crippen molar-refractivity contribution in [3.63, 3.8) is 0 Å². The third kappa shape index (κ3) is 2.68.